The molecule has 0 fully saturated rings. The number of aromatic nitrogens is 2. The van der Waals surface area contributed by atoms with Crippen LogP contribution in [0.5, 0.6) is 11.5 Å². The molecule has 3 rings (SSSR count). The van der Waals surface area contributed by atoms with Crippen LogP contribution in [0.4, 0.5) is 0 Å². The zero-order chi connectivity index (χ0) is 24.2. The molecule has 0 radical (unpaired) electrons. The molecule has 8 heteroatoms. The summed E-state index contributed by atoms with van der Waals surface area (Å²) in [5.41, 5.74) is 1.44. The molecule has 1 aliphatic rings. The van der Waals surface area contributed by atoms with Crippen LogP contribution in [0.15, 0.2) is 33.7 Å². The van der Waals surface area contributed by atoms with Gasteiger partial charge in [0.1, 0.15) is 0 Å². The van der Waals surface area contributed by atoms with Crippen molar-refractivity contribution in [2.45, 2.75) is 82.3 Å². The fourth-order valence-electron chi connectivity index (χ4n) is 3.88. The lowest BCUT2D eigenvalue weighted by Crippen LogP contribution is -2.44. The van der Waals surface area contributed by atoms with Crippen LogP contribution in [0.1, 0.15) is 59.8 Å². The Kier molecular flexibility index (Phi) is 8.10. The highest BCUT2D eigenvalue weighted by atomic mass is 32.2. The number of hydrogen-bond acceptors (Lipinski definition) is 6. The van der Waals surface area contributed by atoms with Crippen LogP contribution in [0.25, 0.3) is 10.9 Å². The number of benzene rings is 1. The number of fused-ring (bicyclic) bond motifs is 1. The minimum absolute atomic E-state index is 0.0873. The average molecular weight is 474 g/mol. The summed E-state index contributed by atoms with van der Waals surface area (Å²) in [6.45, 7) is 8.21. The van der Waals surface area contributed by atoms with Crippen LogP contribution in [0.3, 0.4) is 0 Å². The summed E-state index contributed by atoms with van der Waals surface area (Å²) in [6.07, 6.45) is 7.69. The Labute approximate surface area is 199 Å². The van der Waals surface area contributed by atoms with Crippen molar-refractivity contribution in [3.05, 3.63) is 34.1 Å². The van der Waals surface area contributed by atoms with Gasteiger partial charge in [0, 0.05) is 18.2 Å². The zero-order valence-corrected chi connectivity index (χ0v) is 21.3. The monoisotopic (exact) mass is 473 g/mol. The minimum atomic E-state index is -0.408. The van der Waals surface area contributed by atoms with Crippen molar-refractivity contribution in [1.82, 2.24) is 14.9 Å². The molecule has 0 saturated carbocycles. The van der Waals surface area contributed by atoms with Gasteiger partial charge in [-0.05, 0) is 65.9 Å². The van der Waals surface area contributed by atoms with E-state index >= 15 is 0 Å². The van der Waals surface area contributed by atoms with Crippen LogP contribution in [0, 0.1) is 0 Å². The molecule has 1 atom stereocenters. The lowest BCUT2D eigenvalue weighted by molar-refractivity contribution is -0.121. The van der Waals surface area contributed by atoms with Crippen molar-refractivity contribution in [2.75, 3.05) is 14.2 Å². The number of amides is 1. The normalized spacial score (nSPS) is 15.2. The fourth-order valence-corrected chi connectivity index (χ4v) is 4.82. The number of nitrogens with one attached hydrogen (secondary N) is 1. The third-order valence-corrected chi connectivity index (χ3v) is 6.71. The predicted octanol–water partition coefficient (Wildman–Crippen LogP) is 4.70. The number of carbonyl (C=O) groups is 1. The SMILES string of the molecule is COc1cc2nc(SC(C)C(=O)NC(C)(C)C)n(CCC3=CCCCC3)c(=O)c2cc1OC. The second kappa shape index (κ2) is 10.6. The van der Waals surface area contributed by atoms with E-state index in [1.807, 2.05) is 27.7 Å². The van der Waals surface area contributed by atoms with Crippen LogP contribution in [0.2, 0.25) is 0 Å². The number of hydrogen-bond donors (Lipinski definition) is 1. The van der Waals surface area contributed by atoms with Gasteiger partial charge in [-0.1, -0.05) is 23.4 Å². The van der Waals surface area contributed by atoms with Crippen LogP contribution < -0.4 is 20.3 Å². The molecule has 1 aliphatic carbocycles. The molecule has 0 spiro atoms. The molecule has 1 N–H and O–H groups in total. The van der Waals surface area contributed by atoms with Crippen LogP contribution >= 0.6 is 11.8 Å². The number of carbonyl (C=O) groups excluding carboxylic acids is 1. The second-order valence-electron chi connectivity index (χ2n) is 9.43. The number of methoxy groups -OCH3 is 2. The largest absolute Gasteiger partial charge is 0.493 e. The Morgan fingerprint density at radius 2 is 1.91 bits per heavy atom. The summed E-state index contributed by atoms with van der Waals surface area (Å²) in [5.74, 6) is 0.913. The van der Waals surface area contributed by atoms with Crippen LogP contribution in [-0.2, 0) is 11.3 Å². The van der Waals surface area contributed by atoms with Gasteiger partial charge < -0.3 is 14.8 Å². The molecule has 1 amide bonds. The Hall–Kier alpha value is -2.48. The van der Waals surface area contributed by atoms with Gasteiger partial charge in [0.05, 0.1) is 30.4 Å². The topological polar surface area (TPSA) is 82.5 Å². The number of thioether (sulfide) groups is 1. The predicted molar refractivity (Wildman–Crippen MR) is 133 cm³/mol. The third-order valence-electron chi connectivity index (χ3n) is 5.62. The maximum atomic E-state index is 13.6. The summed E-state index contributed by atoms with van der Waals surface area (Å²) in [7, 11) is 3.10. The molecule has 2 aromatic rings. The summed E-state index contributed by atoms with van der Waals surface area (Å²) < 4.78 is 12.5. The number of ether oxygens (including phenoxy) is 2. The molecule has 1 aromatic carbocycles. The Bertz CT molecular complexity index is 1100. The first kappa shape index (κ1) is 25.1. The molecule has 0 saturated heterocycles. The third kappa shape index (κ3) is 6.31. The number of allylic oxidation sites excluding steroid dienone is 2. The van der Waals surface area contributed by atoms with E-state index in [0.29, 0.717) is 34.1 Å². The second-order valence-corrected chi connectivity index (χ2v) is 10.7. The summed E-state index contributed by atoms with van der Waals surface area (Å²) in [5, 5.41) is 3.61. The molecule has 180 valence electrons. The summed E-state index contributed by atoms with van der Waals surface area (Å²) in [4.78, 5) is 31.1. The lowest BCUT2D eigenvalue weighted by Gasteiger charge is -2.23. The Morgan fingerprint density at radius 3 is 2.52 bits per heavy atom. The van der Waals surface area contributed by atoms with Gasteiger partial charge in [-0.25, -0.2) is 4.98 Å². The number of nitrogens with zero attached hydrogens (tertiary/aromatic N) is 2. The molecule has 1 unspecified atom stereocenters. The van der Waals surface area contributed by atoms with Gasteiger partial charge >= 0.3 is 0 Å². The summed E-state index contributed by atoms with van der Waals surface area (Å²) >= 11 is 1.31. The van der Waals surface area contributed by atoms with Gasteiger partial charge in [0.15, 0.2) is 16.7 Å². The lowest BCUT2D eigenvalue weighted by atomic mass is 9.97. The zero-order valence-electron chi connectivity index (χ0n) is 20.5. The first-order chi connectivity index (χ1) is 15.6. The number of rotatable bonds is 8. The van der Waals surface area contributed by atoms with Gasteiger partial charge in [-0.15, -0.1) is 0 Å². The van der Waals surface area contributed by atoms with Crippen molar-refractivity contribution >= 4 is 28.6 Å². The Morgan fingerprint density at radius 1 is 1.21 bits per heavy atom. The van der Waals surface area contributed by atoms with Crippen LogP contribution in [-0.4, -0.2) is 40.5 Å². The quantitative estimate of drug-likeness (QED) is 0.340. The van der Waals surface area contributed by atoms with Crippen molar-refractivity contribution in [1.29, 1.82) is 0 Å². The van der Waals surface area contributed by atoms with E-state index in [0.717, 1.165) is 19.3 Å². The van der Waals surface area contributed by atoms with Gasteiger partial charge in [0.25, 0.3) is 5.56 Å². The van der Waals surface area contributed by atoms with E-state index in [9.17, 15) is 9.59 Å². The van der Waals surface area contributed by atoms with E-state index in [-0.39, 0.29) is 17.0 Å². The first-order valence-electron chi connectivity index (χ1n) is 11.5. The van der Waals surface area contributed by atoms with Gasteiger partial charge in [-0.2, -0.15) is 0 Å². The Balaban J connectivity index is 2.02. The molecule has 0 bridgehead atoms. The fraction of sp³-hybridized carbons (Fsp3) is 0.560. The van der Waals surface area contributed by atoms with Crippen molar-refractivity contribution < 1.29 is 14.3 Å². The average Bonchev–Trinajstić information content (AvgIpc) is 2.77. The molecule has 1 aromatic heterocycles. The molecule has 0 aliphatic heterocycles. The molecule has 1 heterocycles. The maximum absolute atomic E-state index is 13.6. The van der Waals surface area contributed by atoms with E-state index in [4.69, 9.17) is 14.5 Å². The standard InChI is InChI=1S/C25H35N3O4S/c1-16(22(29)27-25(2,3)4)33-24-26-19-15-21(32-6)20(31-5)14-18(19)23(30)28(24)13-12-17-10-8-7-9-11-17/h10,14-16H,7-9,11-13H2,1-6H3,(H,27,29). The van der Waals surface area contributed by atoms with E-state index < -0.39 is 5.25 Å². The highest BCUT2D eigenvalue weighted by Crippen LogP contribution is 2.32. The van der Waals surface area contributed by atoms with Gasteiger partial charge in [0.2, 0.25) is 5.91 Å². The maximum Gasteiger partial charge on any atom is 0.262 e. The van der Waals surface area contributed by atoms with Crippen molar-refractivity contribution in [3.8, 4) is 11.5 Å². The molecule has 7 nitrogen and oxygen atoms in total. The highest BCUT2D eigenvalue weighted by molar-refractivity contribution is 8.00. The molecule has 33 heavy (non-hydrogen) atoms. The minimum Gasteiger partial charge on any atom is -0.493 e. The van der Waals surface area contributed by atoms with E-state index in [2.05, 4.69) is 11.4 Å². The molecular formula is C25H35N3O4S. The van der Waals surface area contributed by atoms with E-state index in [1.54, 1.807) is 30.9 Å². The van der Waals surface area contributed by atoms with Crippen molar-refractivity contribution in [3.63, 3.8) is 0 Å². The first-order valence-corrected chi connectivity index (χ1v) is 12.3. The molecular weight excluding hydrogens is 438 g/mol. The highest BCUT2D eigenvalue weighted by Gasteiger charge is 2.23. The van der Waals surface area contributed by atoms with E-state index in [1.165, 1.54) is 30.2 Å². The smallest absolute Gasteiger partial charge is 0.262 e. The summed E-state index contributed by atoms with van der Waals surface area (Å²) in [6, 6.07) is 3.40. The van der Waals surface area contributed by atoms with Crippen molar-refractivity contribution in [2.24, 2.45) is 0 Å². The van der Waals surface area contributed by atoms with Gasteiger partial charge in [-0.3, -0.25) is 14.2 Å².